The molecule has 1 unspecified atom stereocenters. The molecule has 0 aliphatic carbocycles. The molecule has 100 valence electrons. The first-order valence-corrected chi connectivity index (χ1v) is 7.62. The van der Waals surface area contributed by atoms with Crippen LogP contribution in [0, 0.1) is 0 Å². The maximum absolute atomic E-state index is 11.7. The fraction of sp³-hybridized carbons (Fsp3) is 0.417. The molecule has 3 N–H and O–H groups in total. The van der Waals surface area contributed by atoms with Gasteiger partial charge in [0.25, 0.3) is 0 Å². The molecule has 0 saturated carbocycles. The van der Waals surface area contributed by atoms with Gasteiger partial charge in [-0.25, -0.2) is 5.84 Å². The van der Waals surface area contributed by atoms with E-state index in [1.54, 1.807) is 24.3 Å². The molecule has 0 radical (unpaired) electrons. The van der Waals surface area contributed by atoms with Crippen LogP contribution in [0.4, 0.5) is 0 Å². The third kappa shape index (κ3) is 4.21. The van der Waals surface area contributed by atoms with Crippen molar-refractivity contribution < 1.29 is 13.6 Å². The van der Waals surface area contributed by atoms with E-state index in [1.165, 1.54) is 11.3 Å². The number of benzene rings is 1. The highest BCUT2D eigenvalue weighted by Gasteiger charge is 2.20. The molecule has 1 atom stereocenters. The van der Waals surface area contributed by atoms with Crippen molar-refractivity contribution in [1.82, 2.24) is 5.01 Å². The van der Waals surface area contributed by atoms with Gasteiger partial charge in [-0.05, 0) is 24.1 Å². The van der Waals surface area contributed by atoms with E-state index in [-0.39, 0.29) is 12.3 Å². The molecule has 1 amide bonds. The Balaban J connectivity index is 2.70. The summed E-state index contributed by atoms with van der Waals surface area (Å²) in [7, 11) is -2.94. The van der Waals surface area contributed by atoms with Crippen molar-refractivity contribution in [3.05, 3.63) is 29.8 Å². The van der Waals surface area contributed by atoms with Crippen LogP contribution in [0.2, 0.25) is 0 Å². The van der Waals surface area contributed by atoms with Gasteiger partial charge in [0, 0.05) is 6.54 Å². The monoisotopic (exact) mass is 271 g/mol. The number of rotatable bonds is 5. The van der Waals surface area contributed by atoms with Crippen molar-refractivity contribution in [2.24, 2.45) is 5.84 Å². The molecule has 0 spiro atoms. The summed E-state index contributed by atoms with van der Waals surface area (Å²) < 4.78 is 20.7. The lowest BCUT2D eigenvalue weighted by atomic mass is 10.1. The molecule has 0 aliphatic heterocycles. The highest BCUT2D eigenvalue weighted by molar-refractivity contribution is 7.97. The summed E-state index contributed by atoms with van der Waals surface area (Å²) >= 11 is 0. The van der Waals surface area contributed by atoms with E-state index in [0.29, 0.717) is 11.4 Å². The Kier molecular flexibility index (Phi) is 5.01. The Bertz CT molecular complexity index is 453. The maximum Gasteiger partial charge on any atom is 0.244 e. The Morgan fingerprint density at radius 1 is 1.39 bits per heavy atom. The van der Waals surface area contributed by atoms with Crippen LogP contribution in [0.5, 0.6) is 0 Å². The highest BCUT2D eigenvalue weighted by Crippen LogP contribution is 2.15. The number of amides is 1. The normalized spacial score (nSPS) is 14.0. The van der Waals surface area contributed by atoms with Gasteiger partial charge in [0.1, 0.15) is 6.26 Å². The first kappa shape index (κ1) is 14.8. The summed E-state index contributed by atoms with van der Waals surface area (Å²) in [6.07, 6.45) is 2.27. The lowest BCUT2D eigenvalue weighted by molar-refractivity contribution is -0.130. The predicted molar refractivity (Wildman–Crippen MR) is 71.2 cm³/mol. The summed E-state index contributed by atoms with van der Waals surface area (Å²) in [6.45, 7) is 2.47. The number of carbonyl (C=O) groups is 1. The average molecular weight is 271 g/mol. The molecule has 0 aliphatic rings. The molecule has 1 aromatic rings. The summed E-state index contributed by atoms with van der Waals surface area (Å²) in [6, 6.07) is 6.47. The van der Waals surface area contributed by atoms with E-state index in [0.717, 1.165) is 12.0 Å². The Labute approximate surface area is 108 Å². The largest absolute Gasteiger partial charge is 0.280 e. The number of hydrogen-bond acceptors (Lipinski definition) is 3. The standard InChI is InChI=1S/C12H18N2O3S/c1-3-8-14(13)12(15)9-10-4-6-11(7-5-10)18(2,16)17/h4-7H,3,8-9,13H2,1-2H3/p+1. The van der Waals surface area contributed by atoms with Crippen molar-refractivity contribution in [2.45, 2.75) is 24.7 Å². The average Bonchev–Trinajstić information content (AvgIpc) is 2.28. The van der Waals surface area contributed by atoms with Gasteiger partial charge in [-0.2, -0.15) is 4.55 Å². The lowest BCUT2D eigenvalue weighted by Gasteiger charge is -2.15. The molecule has 0 aromatic heterocycles. The van der Waals surface area contributed by atoms with Crippen LogP contribution in [0.15, 0.2) is 29.2 Å². The van der Waals surface area contributed by atoms with E-state index in [2.05, 4.69) is 0 Å². The minimum absolute atomic E-state index is 0.161. The topological polar surface area (TPSA) is 83.6 Å². The van der Waals surface area contributed by atoms with E-state index < -0.39 is 10.2 Å². The zero-order valence-corrected chi connectivity index (χ0v) is 11.4. The molecule has 0 saturated heterocycles. The summed E-state index contributed by atoms with van der Waals surface area (Å²) in [5.41, 5.74) is 0.777. The number of carbonyl (C=O) groups excluding carboxylic acids is 1. The Morgan fingerprint density at radius 3 is 2.39 bits per heavy atom. The van der Waals surface area contributed by atoms with Crippen LogP contribution >= 0.6 is 0 Å². The first-order chi connectivity index (χ1) is 8.34. The summed E-state index contributed by atoms with van der Waals surface area (Å²) in [5.74, 6) is 5.41. The lowest BCUT2D eigenvalue weighted by Crippen LogP contribution is -2.38. The first-order valence-electron chi connectivity index (χ1n) is 5.70. The fourth-order valence-corrected chi connectivity index (χ4v) is 2.14. The van der Waals surface area contributed by atoms with E-state index in [9.17, 15) is 13.6 Å². The molecule has 1 rings (SSSR count). The molecule has 0 heterocycles. The quantitative estimate of drug-likeness (QED) is 0.366. The van der Waals surface area contributed by atoms with Crippen LogP contribution in [0.1, 0.15) is 18.9 Å². The maximum atomic E-state index is 11.7. The third-order valence-corrected chi connectivity index (χ3v) is 3.65. The van der Waals surface area contributed by atoms with Gasteiger partial charge in [0.2, 0.25) is 16.1 Å². The van der Waals surface area contributed by atoms with E-state index in [1.807, 2.05) is 6.92 Å². The van der Waals surface area contributed by atoms with Gasteiger partial charge in [0.05, 0.1) is 6.42 Å². The minimum Gasteiger partial charge on any atom is -0.280 e. The van der Waals surface area contributed by atoms with E-state index >= 15 is 0 Å². The van der Waals surface area contributed by atoms with Crippen LogP contribution in [0.3, 0.4) is 0 Å². The summed E-state index contributed by atoms with van der Waals surface area (Å²) in [4.78, 5) is 12.0. The number of hydrazine groups is 1. The molecule has 1 aromatic carbocycles. The molecule has 0 fully saturated rings. The molecular formula is C12H19N2O3S+. The van der Waals surface area contributed by atoms with Gasteiger partial charge in [0.15, 0.2) is 4.90 Å². The van der Waals surface area contributed by atoms with Crippen LogP contribution in [0.25, 0.3) is 0 Å². The van der Waals surface area contributed by atoms with Gasteiger partial charge in [-0.1, -0.05) is 23.3 Å². The Hall–Kier alpha value is -1.24. The second-order valence-electron chi connectivity index (χ2n) is 4.21. The third-order valence-electron chi connectivity index (χ3n) is 2.50. The minimum atomic E-state index is -2.94. The number of nitrogens with two attached hydrogens (primary N) is 1. The second kappa shape index (κ2) is 6.08. The van der Waals surface area contributed by atoms with E-state index in [4.69, 9.17) is 5.84 Å². The van der Waals surface area contributed by atoms with Gasteiger partial charge >= 0.3 is 0 Å². The fourth-order valence-electron chi connectivity index (χ4n) is 1.50. The van der Waals surface area contributed by atoms with Gasteiger partial charge in [-0.3, -0.25) is 9.80 Å². The Morgan fingerprint density at radius 2 is 1.94 bits per heavy atom. The zero-order valence-electron chi connectivity index (χ0n) is 10.6. The van der Waals surface area contributed by atoms with Gasteiger partial charge < -0.3 is 0 Å². The zero-order chi connectivity index (χ0) is 13.8. The van der Waals surface area contributed by atoms with Crippen LogP contribution in [-0.4, -0.2) is 28.3 Å². The SMILES string of the molecule is CCCN(N)C(=O)Cc1ccc([S+](C)(=O)O)cc1. The van der Waals surface area contributed by atoms with Crippen molar-refractivity contribution in [2.75, 3.05) is 12.8 Å². The molecule has 6 heteroatoms. The smallest absolute Gasteiger partial charge is 0.244 e. The molecule has 0 bridgehead atoms. The molecule has 5 nitrogen and oxygen atoms in total. The predicted octanol–water partition coefficient (Wildman–Crippen LogP) is 1.30. The van der Waals surface area contributed by atoms with Crippen LogP contribution < -0.4 is 5.84 Å². The highest BCUT2D eigenvalue weighted by atomic mass is 32.3. The summed E-state index contributed by atoms with van der Waals surface area (Å²) in [5, 5.41) is 1.20. The van der Waals surface area contributed by atoms with Crippen LogP contribution in [-0.2, 0) is 25.6 Å². The van der Waals surface area contributed by atoms with Crippen molar-refractivity contribution >= 4 is 16.1 Å². The van der Waals surface area contributed by atoms with Crippen molar-refractivity contribution in [3.8, 4) is 0 Å². The van der Waals surface area contributed by atoms with Crippen molar-refractivity contribution in [1.29, 1.82) is 0 Å². The number of nitrogens with zero attached hydrogens (tertiary/aromatic N) is 1. The molecular weight excluding hydrogens is 252 g/mol. The second-order valence-corrected chi connectivity index (χ2v) is 6.29. The van der Waals surface area contributed by atoms with Gasteiger partial charge in [-0.15, -0.1) is 0 Å². The number of hydrogen-bond donors (Lipinski definition) is 2. The molecule has 18 heavy (non-hydrogen) atoms. The van der Waals surface area contributed by atoms with Crippen molar-refractivity contribution in [3.63, 3.8) is 0 Å².